The lowest BCUT2D eigenvalue weighted by atomic mass is 9.87. The molecular weight excluding hydrogens is 242 g/mol. The molecule has 1 aromatic rings. The zero-order chi connectivity index (χ0) is 13.8. The summed E-state index contributed by atoms with van der Waals surface area (Å²) in [6.45, 7) is 4.38. The molecule has 3 N–H and O–H groups in total. The van der Waals surface area contributed by atoms with E-state index in [1.807, 2.05) is 20.0 Å². The number of rotatable bonds is 5. The molecule has 0 saturated heterocycles. The van der Waals surface area contributed by atoms with Crippen LogP contribution in [0.2, 0.25) is 0 Å². The van der Waals surface area contributed by atoms with Crippen molar-refractivity contribution in [1.82, 2.24) is 15.5 Å². The van der Waals surface area contributed by atoms with E-state index in [0.717, 1.165) is 31.4 Å². The van der Waals surface area contributed by atoms with Gasteiger partial charge in [0.25, 0.3) is 0 Å². The third kappa shape index (κ3) is 3.35. The van der Waals surface area contributed by atoms with Gasteiger partial charge in [0.1, 0.15) is 0 Å². The Morgan fingerprint density at radius 1 is 1.68 bits per heavy atom. The van der Waals surface area contributed by atoms with Crippen molar-refractivity contribution in [1.29, 1.82) is 0 Å². The van der Waals surface area contributed by atoms with Crippen LogP contribution in [0.4, 0.5) is 0 Å². The molecule has 0 spiro atoms. The summed E-state index contributed by atoms with van der Waals surface area (Å²) in [7, 11) is 0. The number of amides is 1. The second-order valence-electron chi connectivity index (χ2n) is 5.51. The summed E-state index contributed by atoms with van der Waals surface area (Å²) in [4.78, 5) is 12.1. The fourth-order valence-electron chi connectivity index (χ4n) is 2.45. The number of aromatic nitrogens is 2. The number of carbonyl (C=O) groups excluding carboxylic acids is 1. The topological polar surface area (TPSA) is 78.0 Å². The largest absolute Gasteiger partial charge is 0.391 e. The Morgan fingerprint density at radius 2 is 2.47 bits per heavy atom. The lowest BCUT2D eigenvalue weighted by molar-refractivity contribution is -0.126. The first kappa shape index (κ1) is 14.1. The molecule has 0 aromatic carbocycles. The number of aliphatic hydroxyl groups excluding tert-OH is 1. The third-order valence-electron chi connectivity index (χ3n) is 4.18. The first-order valence-electron chi connectivity index (χ1n) is 7.08. The number of nitrogens with zero attached hydrogens (tertiary/aromatic N) is 1. The standard InChI is InChI=1S/C14H23N3O2/c1-3-9(2)13(18)8-15-14(19)10-4-5-11-7-16-17-12(11)6-10/h7,9-10,13,18H,3-6,8H2,1-2H3,(H,15,19)(H,16,17). The van der Waals surface area contributed by atoms with Crippen LogP contribution >= 0.6 is 0 Å². The molecule has 5 nitrogen and oxygen atoms in total. The highest BCUT2D eigenvalue weighted by Crippen LogP contribution is 2.23. The highest BCUT2D eigenvalue weighted by molar-refractivity contribution is 5.79. The molecule has 2 rings (SSSR count). The van der Waals surface area contributed by atoms with Gasteiger partial charge in [0.05, 0.1) is 12.3 Å². The summed E-state index contributed by atoms with van der Waals surface area (Å²) in [5.41, 5.74) is 2.30. The molecule has 5 heteroatoms. The second-order valence-corrected chi connectivity index (χ2v) is 5.51. The van der Waals surface area contributed by atoms with Gasteiger partial charge < -0.3 is 10.4 Å². The van der Waals surface area contributed by atoms with E-state index in [1.165, 1.54) is 5.56 Å². The van der Waals surface area contributed by atoms with Gasteiger partial charge in [0.2, 0.25) is 5.91 Å². The fraction of sp³-hybridized carbons (Fsp3) is 0.714. The van der Waals surface area contributed by atoms with Crippen LogP contribution in [0.3, 0.4) is 0 Å². The first-order valence-corrected chi connectivity index (χ1v) is 7.08. The molecule has 19 heavy (non-hydrogen) atoms. The smallest absolute Gasteiger partial charge is 0.223 e. The Balaban J connectivity index is 1.82. The van der Waals surface area contributed by atoms with Crippen LogP contribution in [0.15, 0.2) is 6.20 Å². The summed E-state index contributed by atoms with van der Waals surface area (Å²) >= 11 is 0. The summed E-state index contributed by atoms with van der Waals surface area (Å²) < 4.78 is 0. The highest BCUT2D eigenvalue weighted by atomic mass is 16.3. The van der Waals surface area contributed by atoms with Crippen molar-refractivity contribution in [2.75, 3.05) is 6.54 Å². The molecule has 3 unspecified atom stereocenters. The van der Waals surface area contributed by atoms with Gasteiger partial charge in [-0.3, -0.25) is 9.89 Å². The summed E-state index contributed by atoms with van der Waals surface area (Å²) in [5.74, 6) is 0.255. The normalized spacial score (nSPS) is 21.5. The van der Waals surface area contributed by atoms with Crippen molar-refractivity contribution < 1.29 is 9.90 Å². The van der Waals surface area contributed by atoms with Crippen LogP contribution in [0.25, 0.3) is 0 Å². The van der Waals surface area contributed by atoms with E-state index in [0.29, 0.717) is 6.54 Å². The van der Waals surface area contributed by atoms with E-state index in [4.69, 9.17) is 0 Å². The molecule has 3 atom stereocenters. The quantitative estimate of drug-likeness (QED) is 0.744. The number of hydrogen-bond donors (Lipinski definition) is 3. The summed E-state index contributed by atoms with van der Waals surface area (Å²) in [5, 5.41) is 19.7. The van der Waals surface area contributed by atoms with E-state index in [1.54, 1.807) is 0 Å². The van der Waals surface area contributed by atoms with E-state index >= 15 is 0 Å². The molecule has 1 aromatic heterocycles. The van der Waals surface area contributed by atoms with E-state index < -0.39 is 6.10 Å². The van der Waals surface area contributed by atoms with Gasteiger partial charge >= 0.3 is 0 Å². The van der Waals surface area contributed by atoms with Crippen molar-refractivity contribution in [2.24, 2.45) is 11.8 Å². The van der Waals surface area contributed by atoms with Crippen LogP contribution in [0.1, 0.15) is 37.9 Å². The number of fused-ring (bicyclic) bond motifs is 1. The van der Waals surface area contributed by atoms with Crippen molar-refractivity contribution >= 4 is 5.91 Å². The Labute approximate surface area is 113 Å². The average Bonchev–Trinajstić information content (AvgIpc) is 2.90. The molecule has 1 heterocycles. The highest BCUT2D eigenvalue weighted by Gasteiger charge is 2.26. The fourth-order valence-corrected chi connectivity index (χ4v) is 2.45. The summed E-state index contributed by atoms with van der Waals surface area (Å²) in [6, 6.07) is 0. The van der Waals surface area contributed by atoms with Crippen LogP contribution < -0.4 is 5.32 Å². The van der Waals surface area contributed by atoms with Gasteiger partial charge in [-0.05, 0) is 24.3 Å². The minimum atomic E-state index is -0.458. The lowest BCUT2D eigenvalue weighted by Gasteiger charge is -2.23. The van der Waals surface area contributed by atoms with Gasteiger partial charge in [0.15, 0.2) is 0 Å². The van der Waals surface area contributed by atoms with Crippen molar-refractivity contribution in [2.45, 2.75) is 45.6 Å². The molecule has 0 saturated carbocycles. The number of aryl methyl sites for hydroxylation is 1. The maximum Gasteiger partial charge on any atom is 0.223 e. The number of hydrogen-bond acceptors (Lipinski definition) is 3. The molecule has 0 bridgehead atoms. The van der Waals surface area contributed by atoms with E-state index in [-0.39, 0.29) is 17.7 Å². The number of aromatic amines is 1. The van der Waals surface area contributed by atoms with Gasteiger partial charge in [0, 0.05) is 24.6 Å². The third-order valence-corrected chi connectivity index (χ3v) is 4.18. The maximum atomic E-state index is 12.1. The maximum absolute atomic E-state index is 12.1. The molecule has 0 aliphatic heterocycles. The Hall–Kier alpha value is -1.36. The number of nitrogens with one attached hydrogen (secondary N) is 2. The van der Waals surface area contributed by atoms with Gasteiger partial charge in [-0.1, -0.05) is 20.3 Å². The molecular formula is C14H23N3O2. The van der Waals surface area contributed by atoms with Crippen LogP contribution in [0, 0.1) is 11.8 Å². The molecule has 1 amide bonds. The lowest BCUT2D eigenvalue weighted by Crippen LogP contribution is -2.40. The zero-order valence-electron chi connectivity index (χ0n) is 11.6. The number of H-pyrrole nitrogens is 1. The van der Waals surface area contributed by atoms with Crippen molar-refractivity contribution in [3.63, 3.8) is 0 Å². The predicted octanol–water partition coefficient (Wildman–Crippen LogP) is 1.04. The van der Waals surface area contributed by atoms with Gasteiger partial charge in [-0.25, -0.2) is 0 Å². The zero-order valence-corrected chi connectivity index (χ0v) is 11.6. The Bertz CT molecular complexity index is 430. The van der Waals surface area contributed by atoms with Crippen molar-refractivity contribution in [3.05, 3.63) is 17.5 Å². The second kappa shape index (κ2) is 6.19. The summed E-state index contributed by atoms with van der Waals surface area (Å²) in [6.07, 6.45) is 4.78. The average molecular weight is 265 g/mol. The molecule has 106 valence electrons. The monoisotopic (exact) mass is 265 g/mol. The minimum Gasteiger partial charge on any atom is -0.391 e. The van der Waals surface area contributed by atoms with Gasteiger partial charge in [-0.2, -0.15) is 5.10 Å². The molecule has 0 fully saturated rings. The van der Waals surface area contributed by atoms with Crippen LogP contribution in [-0.4, -0.2) is 33.9 Å². The Kier molecular flexibility index (Phi) is 4.58. The molecule has 1 aliphatic rings. The number of carbonyl (C=O) groups is 1. The van der Waals surface area contributed by atoms with Crippen molar-refractivity contribution in [3.8, 4) is 0 Å². The SMILES string of the molecule is CCC(C)C(O)CNC(=O)C1CCc2cn[nH]c2C1. The molecule has 1 aliphatic carbocycles. The van der Waals surface area contributed by atoms with Crippen LogP contribution in [0.5, 0.6) is 0 Å². The van der Waals surface area contributed by atoms with E-state index in [9.17, 15) is 9.90 Å². The minimum absolute atomic E-state index is 0.00270. The number of aliphatic hydroxyl groups is 1. The predicted molar refractivity (Wildman–Crippen MR) is 72.6 cm³/mol. The van der Waals surface area contributed by atoms with Gasteiger partial charge in [-0.15, -0.1) is 0 Å². The molecule has 0 radical (unpaired) electrons. The van der Waals surface area contributed by atoms with Crippen LogP contribution in [-0.2, 0) is 17.6 Å². The Morgan fingerprint density at radius 3 is 3.21 bits per heavy atom. The first-order chi connectivity index (χ1) is 9.11. The van der Waals surface area contributed by atoms with E-state index in [2.05, 4.69) is 15.5 Å².